The Bertz CT molecular complexity index is 346. The summed E-state index contributed by atoms with van der Waals surface area (Å²) in [5.74, 6) is -0.479. The summed E-state index contributed by atoms with van der Waals surface area (Å²) in [4.78, 5) is 0. The minimum absolute atomic E-state index is 0.318. The van der Waals surface area contributed by atoms with E-state index >= 15 is 0 Å². The van der Waals surface area contributed by atoms with Gasteiger partial charge >= 0.3 is 0 Å². The van der Waals surface area contributed by atoms with Crippen molar-refractivity contribution in [3.05, 3.63) is 17.0 Å². The van der Waals surface area contributed by atoms with Crippen LogP contribution in [0.15, 0.2) is 15.7 Å². The van der Waals surface area contributed by atoms with Crippen LogP contribution >= 0.6 is 24.0 Å². The fraction of sp³-hybridized carbons (Fsp3) is 0.600. The summed E-state index contributed by atoms with van der Waals surface area (Å²) in [7, 11) is 0. The average molecular weight is 230 g/mol. The van der Waals surface area contributed by atoms with Crippen molar-refractivity contribution < 1.29 is 9.47 Å². The molecule has 1 aliphatic rings. The maximum Gasteiger partial charge on any atom is 0.164 e. The number of thiol groups is 1. The van der Waals surface area contributed by atoms with E-state index in [0.29, 0.717) is 6.61 Å². The Morgan fingerprint density at radius 2 is 2.14 bits per heavy atom. The van der Waals surface area contributed by atoms with Gasteiger partial charge in [-0.05, 0) is 37.8 Å². The molecule has 2 heterocycles. The first-order valence-electron chi connectivity index (χ1n) is 4.53. The van der Waals surface area contributed by atoms with Gasteiger partial charge in [-0.15, -0.1) is 24.0 Å². The molecule has 1 saturated heterocycles. The number of thiophene rings is 1. The van der Waals surface area contributed by atoms with Crippen LogP contribution in [0.5, 0.6) is 0 Å². The highest BCUT2D eigenvalue weighted by Crippen LogP contribution is 2.40. The van der Waals surface area contributed by atoms with Crippen LogP contribution in [0.4, 0.5) is 0 Å². The molecule has 1 atom stereocenters. The monoisotopic (exact) mass is 230 g/mol. The molecule has 1 fully saturated rings. The topological polar surface area (TPSA) is 18.5 Å². The van der Waals surface area contributed by atoms with E-state index in [1.807, 2.05) is 19.9 Å². The molecule has 0 radical (unpaired) electrons. The average Bonchev–Trinajstić information content (AvgIpc) is 2.57. The Balaban J connectivity index is 2.27. The van der Waals surface area contributed by atoms with Crippen molar-refractivity contribution in [3.8, 4) is 0 Å². The van der Waals surface area contributed by atoms with Gasteiger partial charge in [0.2, 0.25) is 0 Å². The number of rotatable bonds is 1. The molecule has 14 heavy (non-hydrogen) atoms. The van der Waals surface area contributed by atoms with Gasteiger partial charge in [-0.1, -0.05) is 0 Å². The highest BCUT2D eigenvalue weighted by molar-refractivity contribution is 7.82. The molecular formula is C10H14O2S2. The van der Waals surface area contributed by atoms with Crippen LogP contribution in [-0.4, -0.2) is 12.4 Å². The zero-order valence-corrected chi connectivity index (χ0v) is 10.2. The van der Waals surface area contributed by atoms with Crippen LogP contribution in [0.3, 0.4) is 0 Å². The van der Waals surface area contributed by atoms with Gasteiger partial charge in [0.05, 0.1) is 10.8 Å². The van der Waals surface area contributed by atoms with Gasteiger partial charge in [0.1, 0.15) is 5.60 Å². The number of hydrogen-bond acceptors (Lipinski definition) is 4. The smallest absolute Gasteiger partial charge is 0.164 e. The largest absolute Gasteiger partial charge is 0.347 e. The summed E-state index contributed by atoms with van der Waals surface area (Å²) in [6.07, 6.45) is 0. The number of ether oxygens (including phenoxy) is 2. The SMILES string of the molecule is CC1(C)OC[C@](C)(c2csc(S)c2)O1. The van der Waals surface area contributed by atoms with Gasteiger partial charge in [0, 0.05) is 0 Å². The summed E-state index contributed by atoms with van der Waals surface area (Å²) in [6, 6.07) is 2.04. The Morgan fingerprint density at radius 1 is 1.43 bits per heavy atom. The van der Waals surface area contributed by atoms with E-state index in [0.717, 1.165) is 9.77 Å². The van der Waals surface area contributed by atoms with Crippen molar-refractivity contribution in [2.45, 2.75) is 36.4 Å². The van der Waals surface area contributed by atoms with E-state index in [1.54, 1.807) is 11.3 Å². The van der Waals surface area contributed by atoms with Gasteiger partial charge in [-0.25, -0.2) is 0 Å². The van der Waals surface area contributed by atoms with Crippen molar-refractivity contribution in [2.75, 3.05) is 6.61 Å². The lowest BCUT2D eigenvalue weighted by molar-refractivity contribution is -0.159. The lowest BCUT2D eigenvalue weighted by Gasteiger charge is -2.24. The first-order valence-corrected chi connectivity index (χ1v) is 5.86. The third kappa shape index (κ3) is 1.84. The minimum atomic E-state index is -0.479. The quantitative estimate of drug-likeness (QED) is 0.748. The summed E-state index contributed by atoms with van der Waals surface area (Å²) in [6.45, 7) is 6.53. The highest BCUT2D eigenvalue weighted by atomic mass is 32.2. The summed E-state index contributed by atoms with van der Waals surface area (Å²) in [5, 5.41) is 2.08. The second kappa shape index (κ2) is 3.23. The molecule has 0 amide bonds. The molecule has 0 aliphatic carbocycles. The molecule has 1 aromatic rings. The minimum Gasteiger partial charge on any atom is -0.347 e. The Morgan fingerprint density at radius 3 is 2.57 bits per heavy atom. The molecule has 0 aromatic carbocycles. The van der Waals surface area contributed by atoms with Crippen LogP contribution < -0.4 is 0 Å². The zero-order valence-electron chi connectivity index (χ0n) is 8.53. The maximum absolute atomic E-state index is 5.89. The Hall–Kier alpha value is -0.0300. The molecule has 0 spiro atoms. The molecular weight excluding hydrogens is 216 g/mol. The van der Waals surface area contributed by atoms with E-state index in [2.05, 4.69) is 24.9 Å². The van der Waals surface area contributed by atoms with Crippen molar-refractivity contribution >= 4 is 24.0 Å². The first-order chi connectivity index (χ1) is 6.41. The lowest BCUT2D eigenvalue weighted by atomic mass is 10.0. The third-order valence-electron chi connectivity index (χ3n) is 2.36. The van der Waals surface area contributed by atoms with Gasteiger partial charge in [-0.3, -0.25) is 0 Å². The Labute approximate surface area is 93.6 Å². The van der Waals surface area contributed by atoms with Crippen LogP contribution in [0.25, 0.3) is 0 Å². The molecule has 4 heteroatoms. The van der Waals surface area contributed by atoms with E-state index in [1.165, 1.54) is 0 Å². The predicted octanol–water partition coefficient (Wildman–Crippen LogP) is 3.03. The molecule has 0 saturated carbocycles. The summed E-state index contributed by atoms with van der Waals surface area (Å²) >= 11 is 5.92. The van der Waals surface area contributed by atoms with Crippen LogP contribution in [0, 0.1) is 0 Å². The molecule has 0 N–H and O–H groups in total. The van der Waals surface area contributed by atoms with Crippen molar-refractivity contribution in [2.24, 2.45) is 0 Å². The maximum atomic E-state index is 5.89. The van der Waals surface area contributed by atoms with Crippen molar-refractivity contribution in [1.82, 2.24) is 0 Å². The second-order valence-corrected chi connectivity index (χ2v) is 5.89. The second-order valence-electron chi connectivity index (χ2n) is 4.20. The molecule has 2 rings (SSSR count). The van der Waals surface area contributed by atoms with Crippen LogP contribution in [0.1, 0.15) is 26.3 Å². The van der Waals surface area contributed by atoms with Crippen molar-refractivity contribution in [3.63, 3.8) is 0 Å². The fourth-order valence-corrected chi connectivity index (χ4v) is 2.71. The van der Waals surface area contributed by atoms with E-state index in [-0.39, 0.29) is 5.60 Å². The number of hydrogen-bond donors (Lipinski definition) is 1. The summed E-state index contributed by atoms with van der Waals surface area (Å²) in [5.41, 5.74) is 0.833. The molecule has 0 unspecified atom stereocenters. The zero-order chi connectivity index (χ0) is 10.4. The standard InChI is InChI=1S/C10H14O2S2/c1-9(2)11-6-10(3,12-9)7-4-8(13)14-5-7/h4-5,13H,6H2,1-3H3/t10-/m1/s1. The normalized spacial score (nSPS) is 30.9. The van der Waals surface area contributed by atoms with Gasteiger partial charge in [-0.2, -0.15) is 0 Å². The third-order valence-corrected chi connectivity index (χ3v) is 3.54. The van der Waals surface area contributed by atoms with E-state index in [9.17, 15) is 0 Å². The Kier molecular flexibility index (Phi) is 2.42. The fourth-order valence-electron chi connectivity index (χ4n) is 1.66. The van der Waals surface area contributed by atoms with Gasteiger partial charge < -0.3 is 9.47 Å². The predicted molar refractivity (Wildman–Crippen MR) is 60.0 cm³/mol. The first kappa shape index (κ1) is 10.5. The van der Waals surface area contributed by atoms with Gasteiger partial charge in [0.25, 0.3) is 0 Å². The molecule has 2 nitrogen and oxygen atoms in total. The van der Waals surface area contributed by atoms with Crippen LogP contribution in [0.2, 0.25) is 0 Å². The highest BCUT2D eigenvalue weighted by Gasteiger charge is 2.43. The summed E-state index contributed by atoms with van der Waals surface area (Å²) < 4.78 is 12.5. The molecule has 1 aromatic heterocycles. The van der Waals surface area contributed by atoms with E-state index in [4.69, 9.17) is 9.47 Å². The van der Waals surface area contributed by atoms with Crippen LogP contribution in [-0.2, 0) is 15.1 Å². The molecule has 78 valence electrons. The lowest BCUT2D eigenvalue weighted by Crippen LogP contribution is -2.27. The van der Waals surface area contributed by atoms with Crippen molar-refractivity contribution in [1.29, 1.82) is 0 Å². The van der Waals surface area contributed by atoms with E-state index < -0.39 is 5.79 Å². The van der Waals surface area contributed by atoms with Gasteiger partial charge in [0.15, 0.2) is 5.79 Å². The molecule has 0 bridgehead atoms. The molecule has 1 aliphatic heterocycles.